The molecule has 1 aliphatic heterocycles. The van der Waals surface area contributed by atoms with Gasteiger partial charge in [-0.2, -0.15) is 0 Å². The number of hydrogen-bond donors (Lipinski definition) is 1. The lowest BCUT2D eigenvalue weighted by atomic mass is 9.93. The molecule has 0 bridgehead atoms. The van der Waals surface area contributed by atoms with Crippen molar-refractivity contribution in [2.75, 3.05) is 13.1 Å². The van der Waals surface area contributed by atoms with Crippen LogP contribution in [0.25, 0.3) is 0 Å². The van der Waals surface area contributed by atoms with Crippen molar-refractivity contribution in [3.8, 4) is 0 Å². The van der Waals surface area contributed by atoms with Crippen LogP contribution in [0, 0.1) is 0 Å². The number of rotatable bonds is 4. The van der Waals surface area contributed by atoms with E-state index >= 15 is 0 Å². The third kappa shape index (κ3) is 3.30. The minimum Gasteiger partial charge on any atom is -0.339 e. The quantitative estimate of drug-likeness (QED) is 0.856. The van der Waals surface area contributed by atoms with Crippen LogP contribution in [0.5, 0.6) is 0 Å². The molecule has 3 heteroatoms. The van der Waals surface area contributed by atoms with Gasteiger partial charge in [0.05, 0.1) is 0 Å². The lowest BCUT2D eigenvalue weighted by Gasteiger charge is -2.45. The van der Waals surface area contributed by atoms with Gasteiger partial charge in [-0.3, -0.25) is 4.79 Å². The zero-order valence-electron chi connectivity index (χ0n) is 10.4. The molecule has 1 heterocycles. The van der Waals surface area contributed by atoms with E-state index in [0.29, 0.717) is 19.5 Å². The van der Waals surface area contributed by atoms with Gasteiger partial charge in [0, 0.05) is 25.0 Å². The number of benzene rings is 1. The highest BCUT2D eigenvalue weighted by molar-refractivity contribution is 5.77. The number of aryl methyl sites for hydroxylation is 1. The highest BCUT2D eigenvalue weighted by atomic mass is 16.2. The van der Waals surface area contributed by atoms with Gasteiger partial charge in [-0.1, -0.05) is 30.3 Å². The predicted octanol–water partition coefficient (Wildman–Crippen LogP) is 1.57. The summed E-state index contributed by atoms with van der Waals surface area (Å²) in [5.41, 5.74) is 7.02. The Labute approximate surface area is 103 Å². The van der Waals surface area contributed by atoms with Gasteiger partial charge >= 0.3 is 0 Å². The van der Waals surface area contributed by atoms with Crippen LogP contribution >= 0.6 is 0 Å². The SMILES string of the molecule is CC1(N)CN(C(=O)CCCc2ccccc2)C1. The van der Waals surface area contributed by atoms with Gasteiger partial charge in [0.1, 0.15) is 0 Å². The molecular weight excluding hydrogens is 212 g/mol. The van der Waals surface area contributed by atoms with E-state index < -0.39 is 0 Å². The third-order valence-corrected chi connectivity index (χ3v) is 3.16. The lowest BCUT2D eigenvalue weighted by molar-refractivity contribution is -0.138. The largest absolute Gasteiger partial charge is 0.339 e. The molecule has 1 aromatic carbocycles. The van der Waals surface area contributed by atoms with Gasteiger partial charge < -0.3 is 10.6 Å². The van der Waals surface area contributed by atoms with E-state index in [1.165, 1.54) is 5.56 Å². The van der Waals surface area contributed by atoms with Crippen molar-refractivity contribution in [3.05, 3.63) is 35.9 Å². The monoisotopic (exact) mass is 232 g/mol. The summed E-state index contributed by atoms with van der Waals surface area (Å²) in [7, 11) is 0. The van der Waals surface area contributed by atoms with Crippen LogP contribution in [0.15, 0.2) is 30.3 Å². The molecule has 0 spiro atoms. The van der Waals surface area contributed by atoms with Crippen molar-refractivity contribution in [2.24, 2.45) is 5.73 Å². The molecule has 0 atom stereocenters. The van der Waals surface area contributed by atoms with Crippen molar-refractivity contribution in [3.63, 3.8) is 0 Å². The summed E-state index contributed by atoms with van der Waals surface area (Å²) >= 11 is 0. The van der Waals surface area contributed by atoms with E-state index in [-0.39, 0.29) is 11.4 Å². The van der Waals surface area contributed by atoms with E-state index in [1.54, 1.807) is 0 Å². The highest BCUT2D eigenvalue weighted by Crippen LogP contribution is 2.18. The van der Waals surface area contributed by atoms with Gasteiger partial charge in [0.25, 0.3) is 0 Å². The fraction of sp³-hybridized carbons (Fsp3) is 0.500. The molecule has 0 aromatic heterocycles. The van der Waals surface area contributed by atoms with E-state index in [4.69, 9.17) is 5.73 Å². The number of nitrogens with two attached hydrogens (primary N) is 1. The molecule has 0 saturated carbocycles. The Balaban J connectivity index is 1.68. The van der Waals surface area contributed by atoms with Crippen LogP contribution in [0.3, 0.4) is 0 Å². The Hall–Kier alpha value is -1.35. The average Bonchev–Trinajstić information content (AvgIpc) is 2.27. The molecule has 17 heavy (non-hydrogen) atoms. The number of likely N-dealkylation sites (tertiary alicyclic amines) is 1. The number of nitrogens with zero attached hydrogens (tertiary/aromatic N) is 1. The number of hydrogen-bond acceptors (Lipinski definition) is 2. The van der Waals surface area contributed by atoms with Gasteiger partial charge in [-0.05, 0) is 25.3 Å². The molecule has 2 rings (SSSR count). The maximum atomic E-state index is 11.8. The second-order valence-corrected chi connectivity index (χ2v) is 5.24. The Kier molecular flexibility index (Phi) is 3.48. The first kappa shape index (κ1) is 12.1. The maximum Gasteiger partial charge on any atom is 0.222 e. The first-order valence-electron chi connectivity index (χ1n) is 6.17. The van der Waals surface area contributed by atoms with Crippen molar-refractivity contribution in [2.45, 2.75) is 31.7 Å². The highest BCUT2D eigenvalue weighted by Gasteiger charge is 2.37. The van der Waals surface area contributed by atoms with Crippen molar-refractivity contribution in [1.82, 2.24) is 4.90 Å². The zero-order chi connectivity index (χ0) is 12.3. The van der Waals surface area contributed by atoms with E-state index in [0.717, 1.165) is 12.8 Å². The second kappa shape index (κ2) is 4.88. The van der Waals surface area contributed by atoms with Gasteiger partial charge in [0.15, 0.2) is 0 Å². The van der Waals surface area contributed by atoms with Crippen LogP contribution < -0.4 is 5.73 Å². The Bertz CT molecular complexity index is 378. The van der Waals surface area contributed by atoms with Crippen LogP contribution in [0.1, 0.15) is 25.3 Å². The topological polar surface area (TPSA) is 46.3 Å². The lowest BCUT2D eigenvalue weighted by Crippen LogP contribution is -2.66. The van der Waals surface area contributed by atoms with Gasteiger partial charge in [-0.15, -0.1) is 0 Å². The molecule has 3 nitrogen and oxygen atoms in total. The smallest absolute Gasteiger partial charge is 0.222 e. The number of amides is 1. The molecule has 0 unspecified atom stereocenters. The van der Waals surface area contributed by atoms with Crippen molar-refractivity contribution < 1.29 is 4.79 Å². The summed E-state index contributed by atoms with van der Waals surface area (Å²) in [4.78, 5) is 13.6. The molecule has 1 aromatic rings. The van der Waals surface area contributed by atoms with Crippen LogP contribution in [-0.2, 0) is 11.2 Å². The molecule has 1 fully saturated rings. The van der Waals surface area contributed by atoms with Gasteiger partial charge in [-0.25, -0.2) is 0 Å². The second-order valence-electron chi connectivity index (χ2n) is 5.24. The number of carbonyl (C=O) groups is 1. The van der Waals surface area contributed by atoms with Crippen molar-refractivity contribution in [1.29, 1.82) is 0 Å². The van der Waals surface area contributed by atoms with Crippen LogP contribution in [0.2, 0.25) is 0 Å². The molecule has 1 saturated heterocycles. The summed E-state index contributed by atoms with van der Waals surface area (Å²) < 4.78 is 0. The van der Waals surface area contributed by atoms with Gasteiger partial charge in [0.2, 0.25) is 5.91 Å². The first-order chi connectivity index (χ1) is 8.07. The average molecular weight is 232 g/mol. The first-order valence-corrected chi connectivity index (χ1v) is 6.17. The normalized spacial score (nSPS) is 17.6. The molecule has 1 aliphatic rings. The molecule has 92 valence electrons. The summed E-state index contributed by atoms with van der Waals surface area (Å²) in [6.07, 6.45) is 2.52. The molecule has 0 radical (unpaired) electrons. The summed E-state index contributed by atoms with van der Waals surface area (Å²) in [6.45, 7) is 3.40. The maximum absolute atomic E-state index is 11.8. The van der Waals surface area contributed by atoms with Crippen molar-refractivity contribution >= 4 is 5.91 Å². The summed E-state index contributed by atoms with van der Waals surface area (Å²) in [6, 6.07) is 10.3. The van der Waals surface area contributed by atoms with Crippen LogP contribution in [-0.4, -0.2) is 29.4 Å². The molecule has 1 amide bonds. The fourth-order valence-electron chi connectivity index (χ4n) is 2.25. The Morgan fingerprint density at radius 2 is 2.00 bits per heavy atom. The Morgan fingerprint density at radius 1 is 1.35 bits per heavy atom. The zero-order valence-corrected chi connectivity index (χ0v) is 10.4. The van der Waals surface area contributed by atoms with E-state index in [9.17, 15) is 4.79 Å². The molecule has 2 N–H and O–H groups in total. The molecular formula is C14H20N2O. The predicted molar refractivity (Wildman–Crippen MR) is 68.6 cm³/mol. The van der Waals surface area contributed by atoms with E-state index in [2.05, 4.69) is 12.1 Å². The standard InChI is InChI=1S/C14H20N2O/c1-14(15)10-16(11-14)13(17)9-5-8-12-6-3-2-4-7-12/h2-4,6-7H,5,8-11,15H2,1H3. The minimum absolute atomic E-state index is 0.158. The fourth-order valence-corrected chi connectivity index (χ4v) is 2.25. The van der Waals surface area contributed by atoms with Crippen LogP contribution in [0.4, 0.5) is 0 Å². The Morgan fingerprint density at radius 3 is 2.59 bits per heavy atom. The van der Waals surface area contributed by atoms with E-state index in [1.807, 2.05) is 30.0 Å². The third-order valence-electron chi connectivity index (χ3n) is 3.16. The number of carbonyl (C=O) groups excluding carboxylic acids is 1. The summed E-state index contributed by atoms with van der Waals surface area (Å²) in [5.74, 6) is 0.240. The molecule has 0 aliphatic carbocycles. The summed E-state index contributed by atoms with van der Waals surface area (Å²) in [5, 5.41) is 0. The minimum atomic E-state index is -0.158.